The van der Waals surface area contributed by atoms with E-state index in [2.05, 4.69) is 73.9 Å². The van der Waals surface area contributed by atoms with Gasteiger partial charge in [-0.3, -0.25) is 4.99 Å². The van der Waals surface area contributed by atoms with E-state index >= 15 is 0 Å². The van der Waals surface area contributed by atoms with Gasteiger partial charge in [-0.1, -0.05) is 36.4 Å². The van der Waals surface area contributed by atoms with Gasteiger partial charge in [-0.2, -0.15) is 0 Å². The van der Waals surface area contributed by atoms with E-state index in [4.69, 9.17) is 4.99 Å². The molecule has 0 aliphatic carbocycles. The van der Waals surface area contributed by atoms with Crippen molar-refractivity contribution in [2.45, 2.75) is 27.3 Å². The molecule has 0 unspecified atom stereocenters. The predicted molar refractivity (Wildman–Crippen MR) is 90.8 cm³/mol. The number of nitrogens with zero attached hydrogens (tertiary/aromatic N) is 2. The normalized spacial score (nSPS) is 11.6. The van der Waals surface area contributed by atoms with E-state index in [0.29, 0.717) is 0 Å². The van der Waals surface area contributed by atoms with Crippen molar-refractivity contribution in [3.05, 3.63) is 65.5 Å². The Morgan fingerprint density at radius 2 is 1.81 bits per heavy atom. The van der Waals surface area contributed by atoms with Crippen molar-refractivity contribution in [3.63, 3.8) is 0 Å². The van der Waals surface area contributed by atoms with Crippen LogP contribution in [0.4, 0.5) is 5.69 Å². The van der Waals surface area contributed by atoms with Gasteiger partial charge in [0, 0.05) is 35.1 Å². The first-order valence-electron chi connectivity index (χ1n) is 7.39. The highest BCUT2D eigenvalue weighted by Crippen LogP contribution is 2.25. The van der Waals surface area contributed by atoms with E-state index in [1.165, 1.54) is 27.7 Å². The van der Waals surface area contributed by atoms with Crippen molar-refractivity contribution in [3.8, 4) is 0 Å². The minimum Gasteiger partial charge on any atom is -0.349 e. The molecule has 21 heavy (non-hydrogen) atoms. The van der Waals surface area contributed by atoms with Crippen molar-refractivity contribution in [1.82, 2.24) is 4.57 Å². The third kappa shape index (κ3) is 2.49. The minimum absolute atomic E-state index is 1.000. The fourth-order valence-corrected chi connectivity index (χ4v) is 2.91. The lowest BCUT2D eigenvalue weighted by Gasteiger charge is -2.04. The highest BCUT2D eigenvalue weighted by atomic mass is 15.0. The fraction of sp³-hybridized carbons (Fsp3) is 0.211. The summed E-state index contributed by atoms with van der Waals surface area (Å²) in [7, 11) is 0. The number of hydrogen-bond donors (Lipinski definition) is 0. The number of aliphatic imine (C=N–C) groups is 1. The standard InChI is InChI=1S/C19H20N2/c1-4-21-14(2)12-17(15(21)3)13-20-19-11-7-9-16-8-5-6-10-18(16)19/h5-13H,4H2,1-3H3. The van der Waals surface area contributed by atoms with E-state index in [1.807, 2.05) is 6.21 Å². The Morgan fingerprint density at radius 1 is 1.05 bits per heavy atom. The second-order valence-electron chi connectivity index (χ2n) is 5.33. The first-order chi connectivity index (χ1) is 10.2. The maximum atomic E-state index is 4.72. The smallest absolute Gasteiger partial charge is 0.0708 e. The molecule has 0 atom stereocenters. The summed E-state index contributed by atoms with van der Waals surface area (Å²) in [5, 5.41) is 2.42. The van der Waals surface area contributed by atoms with E-state index in [1.54, 1.807) is 0 Å². The molecule has 0 spiro atoms. The molecule has 0 radical (unpaired) electrons. The molecule has 0 aliphatic heterocycles. The number of aryl methyl sites for hydroxylation is 1. The van der Waals surface area contributed by atoms with Gasteiger partial charge >= 0.3 is 0 Å². The largest absolute Gasteiger partial charge is 0.349 e. The van der Waals surface area contributed by atoms with Crippen LogP contribution in [-0.2, 0) is 6.54 Å². The van der Waals surface area contributed by atoms with E-state index < -0.39 is 0 Å². The molecule has 2 heteroatoms. The quantitative estimate of drug-likeness (QED) is 0.597. The lowest BCUT2D eigenvalue weighted by Crippen LogP contribution is -1.99. The monoisotopic (exact) mass is 276 g/mol. The molecule has 2 nitrogen and oxygen atoms in total. The predicted octanol–water partition coefficient (Wildman–Crippen LogP) is 5.03. The van der Waals surface area contributed by atoms with Crippen LogP contribution in [0.3, 0.4) is 0 Å². The Bertz CT molecular complexity index is 804. The zero-order valence-corrected chi connectivity index (χ0v) is 12.8. The number of fused-ring (bicyclic) bond motifs is 1. The first-order valence-corrected chi connectivity index (χ1v) is 7.39. The van der Waals surface area contributed by atoms with Crippen molar-refractivity contribution in [2.75, 3.05) is 0 Å². The average Bonchev–Trinajstić information content (AvgIpc) is 2.78. The van der Waals surface area contributed by atoms with Gasteiger partial charge in [-0.15, -0.1) is 0 Å². The van der Waals surface area contributed by atoms with Gasteiger partial charge in [0.1, 0.15) is 0 Å². The van der Waals surface area contributed by atoms with Crippen LogP contribution in [0.5, 0.6) is 0 Å². The fourth-order valence-electron chi connectivity index (χ4n) is 2.91. The summed E-state index contributed by atoms with van der Waals surface area (Å²) in [6, 6.07) is 16.8. The second-order valence-corrected chi connectivity index (χ2v) is 5.33. The van der Waals surface area contributed by atoms with Gasteiger partial charge in [-0.05, 0) is 38.3 Å². The molecule has 0 amide bonds. The Morgan fingerprint density at radius 3 is 2.57 bits per heavy atom. The summed E-state index contributed by atoms with van der Waals surface area (Å²) < 4.78 is 2.31. The summed E-state index contributed by atoms with van der Waals surface area (Å²) >= 11 is 0. The highest BCUT2D eigenvalue weighted by molar-refractivity contribution is 5.95. The molecule has 0 N–H and O–H groups in total. The molecule has 0 saturated heterocycles. The van der Waals surface area contributed by atoms with Gasteiger partial charge in [0.2, 0.25) is 0 Å². The van der Waals surface area contributed by atoms with Crippen LogP contribution in [0.25, 0.3) is 10.8 Å². The van der Waals surface area contributed by atoms with Crippen LogP contribution >= 0.6 is 0 Å². The third-order valence-electron chi connectivity index (χ3n) is 4.04. The molecule has 106 valence electrons. The molecule has 3 aromatic rings. The number of benzene rings is 2. The van der Waals surface area contributed by atoms with Crippen LogP contribution in [-0.4, -0.2) is 10.8 Å². The maximum Gasteiger partial charge on any atom is 0.0708 e. The molecular weight excluding hydrogens is 256 g/mol. The summed E-state index contributed by atoms with van der Waals surface area (Å²) in [6.07, 6.45) is 1.98. The average molecular weight is 276 g/mol. The van der Waals surface area contributed by atoms with Crippen molar-refractivity contribution < 1.29 is 0 Å². The molecule has 0 aliphatic rings. The van der Waals surface area contributed by atoms with Crippen LogP contribution in [0.1, 0.15) is 23.9 Å². The van der Waals surface area contributed by atoms with Crippen molar-refractivity contribution in [1.29, 1.82) is 0 Å². The molecule has 0 saturated carbocycles. The molecule has 1 heterocycles. The van der Waals surface area contributed by atoms with Gasteiger partial charge in [0.05, 0.1) is 5.69 Å². The molecule has 0 fully saturated rings. The molecule has 2 aromatic carbocycles. The first kappa shape index (κ1) is 13.6. The number of hydrogen-bond acceptors (Lipinski definition) is 1. The molecular formula is C19H20N2. The molecule has 3 rings (SSSR count). The van der Waals surface area contributed by atoms with Crippen LogP contribution in [0.15, 0.2) is 53.5 Å². The summed E-state index contributed by atoms with van der Waals surface area (Å²) in [5.41, 5.74) is 4.78. The summed E-state index contributed by atoms with van der Waals surface area (Å²) in [4.78, 5) is 4.72. The van der Waals surface area contributed by atoms with Crippen LogP contribution in [0, 0.1) is 13.8 Å². The third-order valence-corrected chi connectivity index (χ3v) is 4.04. The zero-order chi connectivity index (χ0) is 14.8. The Labute approximate surface area is 125 Å². The zero-order valence-electron chi connectivity index (χ0n) is 12.8. The highest BCUT2D eigenvalue weighted by Gasteiger charge is 2.05. The van der Waals surface area contributed by atoms with Gasteiger partial charge in [0.25, 0.3) is 0 Å². The topological polar surface area (TPSA) is 17.3 Å². The van der Waals surface area contributed by atoms with E-state index in [0.717, 1.165) is 12.2 Å². The molecule has 1 aromatic heterocycles. The molecule has 0 bridgehead atoms. The van der Waals surface area contributed by atoms with E-state index in [-0.39, 0.29) is 0 Å². The van der Waals surface area contributed by atoms with Crippen LogP contribution in [0.2, 0.25) is 0 Å². The van der Waals surface area contributed by atoms with Gasteiger partial charge < -0.3 is 4.57 Å². The van der Waals surface area contributed by atoms with Crippen molar-refractivity contribution in [2.24, 2.45) is 4.99 Å². The van der Waals surface area contributed by atoms with Crippen LogP contribution < -0.4 is 0 Å². The maximum absolute atomic E-state index is 4.72. The van der Waals surface area contributed by atoms with Gasteiger partial charge in [0.15, 0.2) is 0 Å². The Hall–Kier alpha value is -2.35. The van der Waals surface area contributed by atoms with E-state index in [9.17, 15) is 0 Å². The number of aromatic nitrogens is 1. The van der Waals surface area contributed by atoms with Crippen molar-refractivity contribution >= 4 is 22.7 Å². The summed E-state index contributed by atoms with van der Waals surface area (Å²) in [6.45, 7) is 7.47. The lowest BCUT2D eigenvalue weighted by atomic mass is 10.1. The second kappa shape index (κ2) is 5.57. The summed E-state index contributed by atoms with van der Waals surface area (Å²) in [5.74, 6) is 0. The Balaban J connectivity index is 2.02. The minimum atomic E-state index is 1.000. The number of rotatable bonds is 3. The lowest BCUT2D eigenvalue weighted by molar-refractivity contribution is 0.718. The van der Waals surface area contributed by atoms with Gasteiger partial charge in [-0.25, -0.2) is 0 Å². The SMILES string of the molecule is CCn1c(C)cc(C=Nc2cccc3ccccc23)c1C. The Kier molecular flexibility index (Phi) is 3.61.